The van der Waals surface area contributed by atoms with Crippen molar-refractivity contribution in [3.05, 3.63) is 48.3 Å². The van der Waals surface area contributed by atoms with E-state index in [1.807, 2.05) is 16.9 Å². The second-order valence-electron chi connectivity index (χ2n) is 7.97. The molecule has 1 saturated heterocycles. The van der Waals surface area contributed by atoms with Crippen LogP contribution in [0.5, 0.6) is 0 Å². The molecule has 1 aliphatic heterocycles. The van der Waals surface area contributed by atoms with Gasteiger partial charge in [0.1, 0.15) is 0 Å². The first-order valence-corrected chi connectivity index (χ1v) is 11.1. The molecule has 7 nitrogen and oxygen atoms in total. The highest BCUT2D eigenvalue weighted by molar-refractivity contribution is 5.79. The molecular weight excluding hydrogens is 376 g/mol. The molecule has 0 spiro atoms. The zero-order valence-electron chi connectivity index (χ0n) is 18.6. The van der Waals surface area contributed by atoms with Gasteiger partial charge in [-0.25, -0.2) is 4.68 Å². The number of nitrogens with zero attached hydrogens (tertiary/aromatic N) is 4. The van der Waals surface area contributed by atoms with Gasteiger partial charge in [-0.3, -0.25) is 9.89 Å². The van der Waals surface area contributed by atoms with E-state index in [1.165, 1.54) is 5.56 Å². The summed E-state index contributed by atoms with van der Waals surface area (Å²) in [4.78, 5) is 7.41. The fourth-order valence-corrected chi connectivity index (χ4v) is 3.75. The van der Waals surface area contributed by atoms with Crippen LogP contribution in [0.4, 0.5) is 0 Å². The number of aromatic nitrogens is 2. The van der Waals surface area contributed by atoms with E-state index in [0.717, 1.165) is 64.0 Å². The third-order valence-corrected chi connectivity index (χ3v) is 5.48. The van der Waals surface area contributed by atoms with Crippen molar-refractivity contribution >= 4 is 5.96 Å². The van der Waals surface area contributed by atoms with E-state index in [0.29, 0.717) is 12.0 Å². The highest BCUT2D eigenvalue weighted by Crippen LogP contribution is 2.13. The number of benzene rings is 1. The van der Waals surface area contributed by atoms with E-state index in [1.54, 1.807) is 6.20 Å². The fourth-order valence-electron chi connectivity index (χ4n) is 3.75. The van der Waals surface area contributed by atoms with Crippen LogP contribution in [-0.4, -0.2) is 72.6 Å². The van der Waals surface area contributed by atoms with Crippen molar-refractivity contribution in [2.24, 2.45) is 10.9 Å². The Hall–Kier alpha value is -2.38. The van der Waals surface area contributed by atoms with Crippen LogP contribution < -0.4 is 10.6 Å². The highest BCUT2D eigenvalue weighted by Gasteiger charge is 2.23. The summed E-state index contributed by atoms with van der Waals surface area (Å²) in [5, 5.41) is 11.1. The van der Waals surface area contributed by atoms with Crippen molar-refractivity contribution in [3.8, 4) is 5.69 Å². The Morgan fingerprint density at radius 2 is 1.93 bits per heavy atom. The lowest BCUT2D eigenvalue weighted by atomic mass is 10.0. The lowest BCUT2D eigenvalue weighted by Crippen LogP contribution is -2.48. The smallest absolute Gasteiger partial charge is 0.191 e. The molecule has 1 aromatic heterocycles. The zero-order chi connectivity index (χ0) is 21.2. The standard InChI is InChI=1S/C23H36N6O/c1-4-24-23(26-18-22(19(2)3)28-14-16-30-17-15-28)25-12-10-20-6-8-21(9-7-20)29-13-5-11-27-29/h5-9,11,13,19,22H,4,10,12,14-18H2,1-3H3,(H2,24,25,26). The molecule has 1 unspecified atom stereocenters. The minimum atomic E-state index is 0.444. The van der Waals surface area contributed by atoms with Crippen molar-refractivity contribution in [1.29, 1.82) is 0 Å². The van der Waals surface area contributed by atoms with Crippen LogP contribution in [-0.2, 0) is 11.2 Å². The van der Waals surface area contributed by atoms with Gasteiger partial charge in [0.2, 0.25) is 0 Å². The third-order valence-electron chi connectivity index (χ3n) is 5.48. The maximum absolute atomic E-state index is 5.51. The van der Waals surface area contributed by atoms with Crippen LogP contribution >= 0.6 is 0 Å². The number of ether oxygens (including phenoxy) is 1. The Morgan fingerprint density at radius 1 is 1.17 bits per heavy atom. The second-order valence-corrected chi connectivity index (χ2v) is 7.97. The molecule has 0 aliphatic carbocycles. The van der Waals surface area contributed by atoms with Gasteiger partial charge in [-0.1, -0.05) is 26.0 Å². The Morgan fingerprint density at radius 3 is 2.57 bits per heavy atom. The van der Waals surface area contributed by atoms with Gasteiger partial charge in [0.25, 0.3) is 0 Å². The van der Waals surface area contributed by atoms with Gasteiger partial charge in [-0.2, -0.15) is 5.10 Å². The van der Waals surface area contributed by atoms with Crippen molar-refractivity contribution in [2.75, 3.05) is 45.9 Å². The van der Waals surface area contributed by atoms with E-state index >= 15 is 0 Å². The number of hydrogen-bond acceptors (Lipinski definition) is 4. The number of hydrogen-bond donors (Lipinski definition) is 2. The molecule has 2 heterocycles. The lowest BCUT2D eigenvalue weighted by molar-refractivity contribution is 0.00867. The lowest BCUT2D eigenvalue weighted by Gasteiger charge is -2.36. The molecule has 2 N–H and O–H groups in total. The molecular formula is C23H36N6O. The first kappa shape index (κ1) is 22.3. The maximum atomic E-state index is 5.51. The monoisotopic (exact) mass is 412 g/mol. The normalized spacial score (nSPS) is 16.6. The van der Waals surface area contributed by atoms with Gasteiger partial charge >= 0.3 is 0 Å². The average molecular weight is 413 g/mol. The first-order valence-electron chi connectivity index (χ1n) is 11.1. The zero-order valence-corrected chi connectivity index (χ0v) is 18.6. The number of nitrogens with one attached hydrogen (secondary N) is 2. The topological polar surface area (TPSA) is 66.7 Å². The predicted molar refractivity (Wildman–Crippen MR) is 122 cm³/mol. The summed E-state index contributed by atoms with van der Waals surface area (Å²) in [6, 6.07) is 10.9. The number of guanidine groups is 1. The third kappa shape index (κ3) is 6.57. The Bertz CT molecular complexity index is 751. The molecule has 30 heavy (non-hydrogen) atoms. The first-order chi connectivity index (χ1) is 14.7. The van der Waals surface area contributed by atoms with Crippen molar-refractivity contribution < 1.29 is 4.74 Å². The molecule has 1 atom stereocenters. The van der Waals surface area contributed by atoms with E-state index in [2.05, 4.69) is 65.7 Å². The molecule has 1 aromatic carbocycles. The summed E-state index contributed by atoms with van der Waals surface area (Å²) < 4.78 is 7.38. The Kier molecular flexibility index (Phi) is 8.71. The molecule has 0 radical (unpaired) electrons. The molecule has 0 bridgehead atoms. The minimum Gasteiger partial charge on any atom is -0.379 e. The summed E-state index contributed by atoms with van der Waals surface area (Å²) in [5.74, 6) is 1.45. The Labute approximate surface area is 180 Å². The fraction of sp³-hybridized carbons (Fsp3) is 0.565. The summed E-state index contributed by atoms with van der Waals surface area (Å²) >= 11 is 0. The van der Waals surface area contributed by atoms with Crippen molar-refractivity contribution in [3.63, 3.8) is 0 Å². The van der Waals surface area contributed by atoms with E-state index in [9.17, 15) is 0 Å². The summed E-state index contributed by atoms with van der Waals surface area (Å²) in [6.07, 6.45) is 4.69. The summed E-state index contributed by atoms with van der Waals surface area (Å²) in [5.41, 5.74) is 2.37. The number of rotatable bonds is 9. The van der Waals surface area contributed by atoms with Crippen molar-refractivity contribution in [1.82, 2.24) is 25.3 Å². The summed E-state index contributed by atoms with van der Waals surface area (Å²) in [7, 11) is 0. The van der Waals surface area contributed by atoms with Crippen LogP contribution in [0, 0.1) is 5.92 Å². The van der Waals surface area contributed by atoms with Crippen LogP contribution in [0.1, 0.15) is 26.3 Å². The summed E-state index contributed by atoms with van der Waals surface area (Å²) in [6.45, 7) is 12.8. The predicted octanol–water partition coefficient (Wildman–Crippen LogP) is 2.33. The molecule has 0 amide bonds. The quantitative estimate of drug-likeness (QED) is 0.489. The Balaban J connectivity index is 1.51. The van der Waals surface area contributed by atoms with Gasteiger partial charge in [0, 0.05) is 44.6 Å². The van der Waals surface area contributed by atoms with E-state index in [4.69, 9.17) is 9.73 Å². The second kappa shape index (κ2) is 11.7. The molecule has 2 aromatic rings. The number of morpholine rings is 1. The average Bonchev–Trinajstić information content (AvgIpc) is 3.30. The largest absolute Gasteiger partial charge is 0.379 e. The molecule has 1 aliphatic rings. The van der Waals surface area contributed by atoms with Crippen molar-refractivity contribution in [2.45, 2.75) is 33.2 Å². The van der Waals surface area contributed by atoms with Crippen LogP contribution in [0.2, 0.25) is 0 Å². The van der Waals surface area contributed by atoms with Gasteiger partial charge in [-0.15, -0.1) is 0 Å². The molecule has 0 saturated carbocycles. The van der Waals surface area contributed by atoms with E-state index in [-0.39, 0.29) is 0 Å². The van der Waals surface area contributed by atoms with Gasteiger partial charge in [-0.05, 0) is 43.0 Å². The van der Waals surface area contributed by atoms with Gasteiger partial charge in [0.15, 0.2) is 5.96 Å². The van der Waals surface area contributed by atoms with E-state index < -0.39 is 0 Å². The van der Waals surface area contributed by atoms with Gasteiger partial charge in [0.05, 0.1) is 25.4 Å². The SMILES string of the molecule is CCNC(=NCC(C(C)C)N1CCOCC1)NCCc1ccc(-n2cccn2)cc1. The molecule has 3 rings (SSSR count). The molecule has 1 fully saturated rings. The minimum absolute atomic E-state index is 0.444. The van der Waals surface area contributed by atoms with Crippen LogP contribution in [0.3, 0.4) is 0 Å². The molecule has 164 valence electrons. The van der Waals surface area contributed by atoms with Crippen LogP contribution in [0.15, 0.2) is 47.7 Å². The number of aliphatic imine (C=N–C) groups is 1. The maximum Gasteiger partial charge on any atom is 0.191 e. The van der Waals surface area contributed by atoms with Gasteiger partial charge < -0.3 is 15.4 Å². The highest BCUT2D eigenvalue weighted by atomic mass is 16.5. The van der Waals surface area contributed by atoms with Crippen LogP contribution in [0.25, 0.3) is 5.69 Å². The molecule has 7 heteroatoms.